The van der Waals surface area contributed by atoms with Crippen molar-refractivity contribution < 1.29 is 14.3 Å². The number of carbonyl (C=O) groups excluding carboxylic acids is 2. The summed E-state index contributed by atoms with van der Waals surface area (Å²) in [4.78, 5) is 33.1. The van der Waals surface area contributed by atoms with E-state index in [1.807, 2.05) is 30.3 Å². The summed E-state index contributed by atoms with van der Waals surface area (Å²) < 4.78 is 5.36. The summed E-state index contributed by atoms with van der Waals surface area (Å²) in [6, 6.07) is 14.6. The molecule has 0 radical (unpaired) electrons. The van der Waals surface area contributed by atoms with Crippen molar-refractivity contribution >= 4 is 34.5 Å². The molecule has 4 rings (SSSR count). The van der Waals surface area contributed by atoms with E-state index in [2.05, 4.69) is 15.3 Å². The third-order valence-corrected chi connectivity index (χ3v) is 3.76. The first-order valence-corrected chi connectivity index (χ1v) is 7.47. The van der Waals surface area contributed by atoms with Gasteiger partial charge in [-0.15, -0.1) is 0 Å². The van der Waals surface area contributed by atoms with Gasteiger partial charge >= 0.3 is 0 Å². The third kappa shape index (κ3) is 2.56. The van der Waals surface area contributed by atoms with Crippen molar-refractivity contribution in [3.05, 3.63) is 48.5 Å². The normalized spacial score (nSPS) is 13.5. The number of para-hydroxylation sites is 4. The largest absolute Gasteiger partial charge is 0.482 e. The van der Waals surface area contributed by atoms with E-state index >= 15 is 0 Å². The summed E-state index contributed by atoms with van der Waals surface area (Å²) >= 11 is 0. The number of rotatable bonds is 3. The molecule has 24 heavy (non-hydrogen) atoms. The third-order valence-electron chi connectivity index (χ3n) is 3.76. The van der Waals surface area contributed by atoms with Crippen LogP contribution >= 0.6 is 0 Å². The number of carbonyl (C=O) groups is 2. The molecule has 7 heteroatoms. The Bertz CT molecular complexity index is 901. The minimum atomic E-state index is -0.334. The molecule has 1 aliphatic rings. The van der Waals surface area contributed by atoms with Gasteiger partial charge in [0.2, 0.25) is 11.9 Å². The first-order chi connectivity index (χ1) is 11.7. The number of imidazole rings is 1. The van der Waals surface area contributed by atoms with Crippen molar-refractivity contribution in [3.63, 3.8) is 0 Å². The molecule has 0 atom stereocenters. The molecule has 3 aromatic rings. The number of anilines is 2. The number of nitrogens with zero attached hydrogens (tertiary/aromatic N) is 2. The van der Waals surface area contributed by atoms with Gasteiger partial charge in [0.25, 0.3) is 5.91 Å². The number of nitrogens with one attached hydrogen (secondary N) is 2. The first kappa shape index (κ1) is 14.3. The van der Waals surface area contributed by atoms with E-state index in [9.17, 15) is 9.59 Å². The van der Waals surface area contributed by atoms with Crippen LogP contribution in [0.5, 0.6) is 5.75 Å². The maximum absolute atomic E-state index is 12.3. The number of hydrogen-bond acceptors (Lipinski definition) is 4. The van der Waals surface area contributed by atoms with Gasteiger partial charge in [0.05, 0.1) is 16.7 Å². The SMILES string of the molecule is O=C(CN1C(=O)COc2ccccc21)Nc1nc2ccccc2[nH]1. The Kier molecular flexibility index (Phi) is 3.38. The van der Waals surface area contributed by atoms with E-state index < -0.39 is 0 Å². The Morgan fingerprint density at radius 1 is 1.21 bits per heavy atom. The van der Waals surface area contributed by atoms with Gasteiger partial charge in [-0.05, 0) is 24.3 Å². The zero-order valence-corrected chi connectivity index (χ0v) is 12.7. The summed E-state index contributed by atoms with van der Waals surface area (Å²) in [5, 5.41) is 2.69. The Morgan fingerprint density at radius 3 is 2.88 bits per heavy atom. The number of H-pyrrole nitrogens is 1. The van der Waals surface area contributed by atoms with Crippen LogP contribution in [-0.2, 0) is 9.59 Å². The van der Waals surface area contributed by atoms with E-state index in [1.54, 1.807) is 18.2 Å². The minimum absolute atomic E-state index is 0.0745. The molecule has 1 aromatic heterocycles. The Hall–Kier alpha value is -3.35. The maximum atomic E-state index is 12.3. The van der Waals surface area contributed by atoms with Crippen molar-refractivity contribution in [2.75, 3.05) is 23.4 Å². The predicted octanol–water partition coefficient (Wildman–Crippen LogP) is 1.93. The molecule has 120 valence electrons. The van der Waals surface area contributed by atoms with Crippen LogP contribution in [0.1, 0.15) is 0 Å². The van der Waals surface area contributed by atoms with Crippen LogP contribution in [0.2, 0.25) is 0 Å². The van der Waals surface area contributed by atoms with Crippen LogP contribution in [0, 0.1) is 0 Å². The summed E-state index contributed by atoms with van der Waals surface area (Å²) in [6.07, 6.45) is 0. The van der Waals surface area contributed by atoms with E-state index in [1.165, 1.54) is 4.90 Å². The molecule has 2 aromatic carbocycles. The summed E-state index contributed by atoms with van der Waals surface area (Å²) in [7, 11) is 0. The van der Waals surface area contributed by atoms with Gasteiger partial charge in [-0.1, -0.05) is 24.3 Å². The molecule has 0 saturated heterocycles. The molecule has 0 spiro atoms. The Morgan fingerprint density at radius 2 is 2.00 bits per heavy atom. The molecule has 0 saturated carbocycles. The number of aromatic nitrogens is 2. The van der Waals surface area contributed by atoms with Crippen molar-refractivity contribution in [2.45, 2.75) is 0 Å². The van der Waals surface area contributed by atoms with E-state index in [0.717, 1.165) is 11.0 Å². The zero-order valence-electron chi connectivity index (χ0n) is 12.7. The molecule has 0 fully saturated rings. The van der Waals surface area contributed by atoms with Gasteiger partial charge < -0.3 is 9.72 Å². The highest BCUT2D eigenvalue weighted by Crippen LogP contribution is 2.31. The van der Waals surface area contributed by atoms with Crippen LogP contribution < -0.4 is 15.0 Å². The fraction of sp³-hybridized carbons (Fsp3) is 0.118. The van der Waals surface area contributed by atoms with Crippen LogP contribution in [0.4, 0.5) is 11.6 Å². The first-order valence-electron chi connectivity index (χ1n) is 7.47. The second-order valence-corrected chi connectivity index (χ2v) is 5.39. The van der Waals surface area contributed by atoms with Gasteiger partial charge in [-0.3, -0.25) is 19.8 Å². The van der Waals surface area contributed by atoms with Crippen LogP contribution in [0.15, 0.2) is 48.5 Å². The lowest BCUT2D eigenvalue weighted by Crippen LogP contribution is -2.43. The van der Waals surface area contributed by atoms with Crippen molar-refractivity contribution in [1.29, 1.82) is 0 Å². The molecule has 0 aliphatic carbocycles. The van der Waals surface area contributed by atoms with Crippen molar-refractivity contribution in [3.8, 4) is 5.75 Å². The average Bonchev–Trinajstić information content (AvgIpc) is 2.99. The molecule has 7 nitrogen and oxygen atoms in total. The second-order valence-electron chi connectivity index (χ2n) is 5.39. The van der Waals surface area contributed by atoms with Crippen LogP contribution in [0.25, 0.3) is 11.0 Å². The smallest absolute Gasteiger partial charge is 0.265 e. The van der Waals surface area contributed by atoms with Crippen molar-refractivity contribution in [2.24, 2.45) is 0 Å². The highest BCUT2D eigenvalue weighted by molar-refractivity contribution is 6.04. The fourth-order valence-electron chi connectivity index (χ4n) is 2.65. The quantitative estimate of drug-likeness (QED) is 0.771. The van der Waals surface area contributed by atoms with Gasteiger partial charge in [-0.2, -0.15) is 0 Å². The van der Waals surface area contributed by atoms with E-state index in [0.29, 0.717) is 17.4 Å². The monoisotopic (exact) mass is 322 g/mol. The minimum Gasteiger partial charge on any atom is -0.482 e. The van der Waals surface area contributed by atoms with Crippen LogP contribution in [0.3, 0.4) is 0 Å². The number of amides is 2. The number of fused-ring (bicyclic) bond motifs is 2. The molecule has 2 N–H and O–H groups in total. The Labute approximate surface area is 137 Å². The van der Waals surface area contributed by atoms with Crippen molar-refractivity contribution in [1.82, 2.24) is 9.97 Å². The molecule has 2 amide bonds. The highest BCUT2D eigenvalue weighted by Gasteiger charge is 2.27. The number of aromatic amines is 1. The maximum Gasteiger partial charge on any atom is 0.265 e. The van der Waals surface area contributed by atoms with Gasteiger partial charge in [0.15, 0.2) is 6.61 Å². The fourth-order valence-corrected chi connectivity index (χ4v) is 2.65. The predicted molar refractivity (Wildman–Crippen MR) is 89.0 cm³/mol. The lowest BCUT2D eigenvalue weighted by atomic mass is 10.2. The summed E-state index contributed by atoms with van der Waals surface area (Å²) in [5.41, 5.74) is 2.19. The lowest BCUT2D eigenvalue weighted by Gasteiger charge is -2.28. The van der Waals surface area contributed by atoms with Gasteiger partial charge in [0.1, 0.15) is 12.3 Å². The lowest BCUT2D eigenvalue weighted by molar-refractivity contribution is -0.123. The number of ether oxygens (including phenoxy) is 1. The summed E-state index contributed by atoms with van der Waals surface area (Å²) in [5.74, 6) is 0.358. The average molecular weight is 322 g/mol. The molecule has 0 unspecified atom stereocenters. The summed E-state index contributed by atoms with van der Waals surface area (Å²) in [6.45, 7) is -0.175. The molecule has 1 aliphatic heterocycles. The topological polar surface area (TPSA) is 87.3 Å². The molecular weight excluding hydrogens is 308 g/mol. The van der Waals surface area contributed by atoms with E-state index in [4.69, 9.17) is 4.74 Å². The zero-order chi connectivity index (χ0) is 16.5. The van der Waals surface area contributed by atoms with Gasteiger partial charge in [-0.25, -0.2) is 4.98 Å². The standard InChI is InChI=1S/C17H14N4O3/c22-15(20-17-18-11-5-1-2-6-12(11)19-17)9-21-13-7-3-4-8-14(13)24-10-16(21)23/h1-8H,9-10H2,(H2,18,19,20,22). The second kappa shape index (κ2) is 5.69. The molecular formula is C17H14N4O3. The molecule has 2 heterocycles. The van der Waals surface area contributed by atoms with Crippen LogP contribution in [-0.4, -0.2) is 34.9 Å². The number of hydrogen-bond donors (Lipinski definition) is 2. The van der Waals surface area contributed by atoms with Gasteiger partial charge in [0, 0.05) is 0 Å². The highest BCUT2D eigenvalue weighted by atomic mass is 16.5. The molecule has 0 bridgehead atoms. The van der Waals surface area contributed by atoms with E-state index in [-0.39, 0.29) is 25.0 Å². The Balaban J connectivity index is 1.52. The number of benzene rings is 2.